The van der Waals surface area contributed by atoms with E-state index in [0.29, 0.717) is 24.4 Å². The predicted molar refractivity (Wildman–Crippen MR) is 119 cm³/mol. The van der Waals surface area contributed by atoms with E-state index >= 15 is 0 Å². The summed E-state index contributed by atoms with van der Waals surface area (Å²) in [4.78, 5) is 17.2. The van der Waals surface area contributed by atoms with Gasteiger partial charge in [0.1, 0.15) is 11.6 Å². The summed E-state index contributed by atoms with van der Waals surface area (Å²) in [6.07, 6.45) is 0.671. The van der Waals surface area contributed by atoms with Crippen molar-refractivity contribution in [2.24, 2.45) is 12.0 Å². The molecule has 3 aromatic rings. The molecule has 0 saturated heterocycles. The second-order valence-corrected chi connectivity index (χ2v) is 7.07. The first-order chi connectivity index (χ1) is 14.9. The van der Waals surface area contributed by atoms with Crippen LogP contribution in [-0.2, 0) is 13.5 Å². The third-order valence-electron chi connectivity index (χ3n) is 4.94. The lowest BCUT2D eigenvalue weighted by atomic mass is 10.1. The molecule has 0 saturated carbocycles. The zero-order chi connectivity index (χ0) is 22.4. The Morgan fingerprint density at radius 1 is 1.19 bits per heavy atom. The van der Waals surface area contributed by atoms with Gasteiger partial charge in [0.2, 0.25) is 5.96 Å². The van der Waals surface area contributed by atoms with Crippen LogP contribution < -0.4 is 15.4 Å². The van der Waals surface area contributed by atoms with Crippen LogP contribution in [0.15, 0.2) is 53.5 Å². The standard InChI is InChI=1S/C23H26FN5O2/c1-15-21(16(2)29(3)28-15)11-12-25-23(26-19-9-6-10-20(14-19)31-4)27-22(30)17-7-5-8-18(24)13-17/h5-10,13-14H,11-12H2,1-4H3,(H2,25,26,27,30). The molecule has 3 rings (SSSR count). The van der Waals surface area contributed by atoms with Gasteiger partial charge in [0.05, 0.1) is 12.8 Å². The highest BCUT2D eigenvalue weighted by Gasteiger charge is 2.12. The zero-order valence-electron chi connectivity index (χ0n) is 18.1. The molecule has 1 heterocycles. The third-order valence-corrected chi connectivity index (χ3v) is 4.94. The first-order valence-corrected chi connectivity index (χ1v) is 9.89. The van der Waals surface area contributed by atoms with Crippen LogP contribution in [0.3, 0.4) is 0 Å². The number of aromatic nitrogens is 2. The quantitative estimate of drug-likeness (QED) is 0.469. The maximum atomic E-state index is 13.5. The van der Waals surface area contributed by atoms with Crippen molar-refractivity contribution in [3.63, 3.8) is 0 Å². The van der Waals surface area contributed by atoms with Gasteiger partial charge in [-0.05, 0) is 56.2 Å². The third kappa shape index (κ3) is 5.69. The van der Waals surface area contributed by atoms with Crippen LogP contribution in [0.25, 0.3) is 0 Å². The van der Waals surface area contributed by atoms with E-state index in [1.165, 1.54) is 18.2 Å². The summed E-state index contributed by atoms with van der Waals surface area (Å²) in [5.74, 6) is 0.000865. The van der Waals surface area contributed by atoms with E-state index in [0.717, 1.165) is 17.0 Å². The number of anilines is 1. The highest BCUT2D eigenvalue weighted by Crippen LogP contribution is 2.17. The van der Waals surface area contributed by atoms with Crippen LogP contribution in [0, 0.1) is 19.7 Å². The first-order valence-electron chi connectivity index (χ1n) is 9.89. The number of rotatable bonds is 6. The number of hydrogen-bond donors (Lipinski definition) is 2. The smallest absolute Gasteiger partial charge is 0.258 e. The molecule has 2 aromatic carbocycles. The largest absolute Gasteiger partial charge is 0.497 e. The Bertz CT molecular complexity index is 1110. The van der Waals surface area contributed by atoms with Crippen molar-refractivity contribution in [1.82, 2.24) is 15.1 Å². The van der Waals surface area contributed by atoms with E-state index in [-0.39, 0.29) is 11.5 Å². The van der Waals surface area contributed by atoms with Gasteiger partial charge < -0.3 is 10.1 Å². The topological polar surface area (TPSA) is 80.5 Å². The van der Waals surface area contributed by atoms with Gasteiger partial charge in [0, 0.05) is 36.6 Å². The van der Waals surface area contributed by atoms with Crippen LogP contribution in [0.2, 0.25) is 0 Å². The van der Waals surface area contributed by atoms with Crippen molar-refractivity contribution in [2.75, 3.05) is 19.0 Å². The number of methoxy groups -OCH3 is 1. The van der Waals surface area contributed by atoms with E-state index < -0.39 is 11.7 Å². The summed E-state index contributed by atoms with van der Waals surface area (Å²) in [6, 6.07) is 12.8. The molecule has 0 spiro atoms. The Hall–Kier alpha value is -3.68. The molecule has 8 heteroatoms. The monoisotopic (exact) mass is 423 g/mol. The van der Waals surface area contributed by atoms with Crippen LogP contribution in [-0.4, -0.2) is 35.3 Å². The average Bonchev–Trinajstić information content (AvgIpc) is 2.99. The minimum atomic E-state index is -0.477. The maximum Gasteiger partial charge on any atom is 0.258 e. The molecule has 0 aliphatic rings. The van der Waals surface area contributed by atoms with Crippen LogP contribution >= 0.6 is 0 Å². The van der Waals surface area contributed by atoms with Crippen LogP contribution in [0.4, 0.5) is 10.1 Å². The molecule has 0 radical (unpaired) electrons. The van der Waals surface area contributed by atoms with E-state index in [2.05, 4.69) is 20.7 Å². The second kappa shape index (κ2) is 9.88. The fourth-order valence-corrected chi connectivity index (χ4v) is 3.22. The van der Waals surface area contributed by atoms with Crippen molar-refractivity contribution >= 4 is 17.6 Å². The number of nitrogens with zero attached hydrogens (tertiary/aromatic N) is 3. The van der Waals surface area contributed by atoms with Crippen molar-refractivity contribution in [1.29, 1.82) is 0 Å². The number of aliphatic imine (C=N–C) groups is 1. The lowest BCUT2D eigenvalue weighted by Crippen LogP contribution is -2.36. The van der Waals surface area contributed by atoms with Gasteiger partial charge in [-0.15, -0.1) is 0 Å². The normalized spacial score (nSPS) is 11.3. The minimum absolute atomic E-state index is 0.207. The van der Waals surface area contributed by atoms with E-state index in [9.17, 15) is 9.18 Å². The van der Waals surface area contributed by atoms with E-state index in [4.69, 9.17) is 4.74 Å². The molecule has 0 atom stereocenters. The van der Waals surface area contributed by atoms with Crippen molar-refractivity contribution in [3.8, 4) is 5.75 Å². The average molecular weight is 423 g/mol. The van der Waals surface area contributed by atoms with Crippen molar-refractivity contribution in [2.45, 2.75) is 20.3 Å². The number of amides is 1. The van der Waals surface area contributed by atoms with Gasteiger partial charge in [-0.2, -0.15) is 5.10 Å². The van der Waals surface area contributed by atoms with Gasteiger partial charge in [0.15, 0.2) is 0 Å². The number of carbonyl (C=O) groups excluding carboxylic acids is 1. The molecule has 0 aliphatic heterocycles. The number of carbonyl (C=O) groups is 1. The molecule has 2 N–H and O–H groups in total. The molecular formula is C23H26FN5O2. The minimum Gasteiger partial charge on any atom is -0.497 e. The molecule has 31 heavy (non-hydrogen) atoms. The summed E-state index contributed by atoms with van der Waals surface area (Å²) in [7, 11) is 3.49. The number of guanidine groups is 1. The highest BCUT2D eigenvalue weighted by atomic mass is 19.1. The van der Waals surface area contributed by atoms with Gasteiger partial charge >= 0.3 is 0 Å². The summed E-state index contributed by atoms with van der Waals surface area (Å²) >= 11 is 0. The Labute approximate surface area is 181 Å². The van der Waals surface area contributed by atoms with Crippen LogP contribution in [0.1, 0.15) is 27.3 Å². The molecule has 0 unspecified atom stereocenters. The highest BCUT2D eigenvalue weighted by molar-refractivity contribution is 6.10. The van der Waals surface area contributed by atoms with E-state index in [1.807, 2.05) is 43.8 Å². The molecule has 0 fully saturated rings. The molecular weight excluding hydrogens is 397 g/mol. The molecule has 7 nitrogen and oxygen atoms in total. The summed E-state index contributed by atoms with van der Waals surface area (Å²) in [5, 5.41) is 10.3. The summed E-state index contributed by atoms with van der Waals surface area (Å²) < 4.78 is 20.6. The zero-order valence-corrected chi connectivity index (χ0v) is 18.1. The van der Waals surface area contributed by atoms with Gasteiger partial charge in [0.25, 0.3) is 5.91 Å². The number of nitrogens with one attached hydrogen (secondary N) is 2. The van der Waals surface area contributed by atoms with Gasteiger partial charge in [-0.25, -0.2) is 4.39 Å². The number of benzene rings is 2. The van der Waals surface area contributed by atoms with Crippen LogP contribution in [0.5, 0.6) is 5.75 Å². The molecule has 0 bridgehead atoms. The lowest BCUT2D eigenvalue weighted by molar-refractivity contribution is 0.0976. The fourth-order valence-electron chi connectivity index (χ4n) is 3.22. The first kappa shape index (κ1) is 22.0. The summed E-state index contributed by atoms with van der Waals surface area (Å²) in [5.41, 5.74) is 4.08. The fraction of sp³-hybridized carbons (Fsp3) is 0.261. The molecule has 162 valence electrons. The van der Waals surface area contributed by atoms with E-state index in [1.54, 1.807) is 19.2 Å². The lowest BCUT2D eigenvalue weighted by Gasteiger charge is -2.13. The number of hydrogen-bond acceptors (Lipinski definition) is 4. The molecule has 1 aromatic heterocycles. The number of ether oxygens (including phenoxy) is 1. The second-order valence-electron chi connectivity index (χ2n) is 7.07. The summed E-state index contributed by atoms with van der Waals surface area (Å²) in [6.45, 7) is 4.41. The predicted octanol–water partition coefficient (Wildman–Crippen LogP) is 3.63. The molecule has 1 amide bonds. The Morgan fingerprint density at radius 2 is 1.97 bits per heavy atom. The van der Waals surface area contributed by atoms with Crippen molar-refractivity contribution in [3.05, 3.63) is 76.9 Å². The number of aryl methyl sites for hydroxylation is 2. The van der Waals surface area contributed by atoms with Gasteiger partial charge in [-0.3, -0.25) is 19.8 Å². The Balaban J connectivity index is 1.80. The molecule has 0 aliphatic carbocycles. The number of halogens is 1. The SMILES string of the molecule is COc1cccc(NC(=NCCc2c(C)nn(C)c2C)NC(=O)c2cccc(F)c2)c1. The van der Waals surface area contributed by atoms with Gasteiger partial charge in [-0.1, -0.05) is 12.1 Å². The maximum absolute atomic E-state index is 13.5. The van der Waals surface area contributed by atoms with Crippen molar-refractivity contribution < 1.29 is 13.9 Å². The Morgan fingerprint density at radius 3 is 2.65 bits per heavy atom. The Kier molecular flexibility index (Phi) is 7.02.